The molecule has 0 unspecified atom stereocenters. The Morgan fingerprint density at radius 1 is 1.04 bits per heavy atom. The number of hydrogen-bond donors (Lipinski definition) is 1. The molecule has 6 nitrogen and oxygen atoms in total. The molecule has 0 aliphatic carbocycles. The lowest BCUT2D eigenvalue weighted by atomic mass is 10.2. The van der Waals surface area contributed by atoms with Crippen LogP contribution in [0.3, 0.4) is 0 Å². The molecule has 0 fully saturated rings. The summed E-state index contributed by atoms with van der Waals surface area (Å²) >= 11 is 3.36. The van der Waals surface area contributed by atoms with Crippen LogP contribution in [0.5, 0.6) is 11.5 Å². The van der Waals surface area contributed by atoms with Crippen LogP contribution < -0.4 is 14.8 Å². The van der Waals surface area contributed by atoms with Gasteiger partial charge in [0.25, 0.3) is 5.91 Å². The molecular formula is C18H18BrNO5. The second kappa shape index (κ2) is 9.08. The van der Waals surface area contributed by atoms with E-state index in [2.05, 4.69) is 21.2 Å². The fourth-order valence-corrected chi connectivity index (χ4v) is 2.56. The Balaban J connectivity index is 1.89. The summed E-state index contributed by atoms with van der Waals surface area (Å²) in [6.07, 6.45) is 0. The molecule has 1 amide bonds. The summed E-state index contributed by atoms with van der Waals surface area (Å²) in [4.78, 5) is 24.0. The predicted octanol–water partition coefficient (Wildman–Crippen LogP) is 2.94. The van der Waals surface area contributed by atoms with Crippen molar-refractivity contribution in [1.29, 1.82) is 0 Å². The smallest absolute Gasteiger partial charge is 0.325 e. The average Bonchev–Trinajstić information content (AvgIpc) is 2.64. The van der Waals surface area contributed by atoms with Crippen LogP contribution in [0.1, 0.15) is 15.9 Å². The first-order chi connectivity index (χ1) is 12.0. The minimum Gasteiger partial charge on any atom is -0.496 e. The van der Waals surface area contributed by atoms with Gasteiger partial charge in [-0.2, -0.15) is 0 Å². The number of esters is 1. The molecule has 2 rings (SSSR count). The van der Waals surface area contributed by atoms with Crippen molar-refractivity contribution in [2.24, 2.45) is 0 Å². The molecule has 0 aromatic heterocycles. The minimum atomic E-state index is -0.551. The van der Waals surface area contributed by atoms with Crippen molar-refractivity contribution in [1.82, 2.24) is 5.32 Å². The van der Waals surface area contributed by atoms with E-state index in [1.807, 2.05) is 6.07 Å². The van der Waals surface area contributed by atoms with Gasteiger partial charge in [-0.3, -0.25) is 9.59 Å². The van der Waals surface area contributed by atoms with Gasteiger partial charge in [0.05, 0.1) is 19.8 Å². The molecule has 0 bridgehead atoms. The molecule has 0 heterocycles. The van der Waals surface area contributed by atoms with E-state index < -0.39 is 11.9 Å². The van der Waals surface area contributed by atoms with E-state index in [1.165, 1.54) is 7.11 Å². The van der Waals surface area contributed by atoms with Gasteiger partial charge in [-0.15, -0.1) is 0 Å². The van der Waals surface area contributed by atoms with E-state index in [0.29, 0.717) is 17.1 Å². The van der Waals surface area contributed by atoms with Gasteiger partial charge in [0.2, 0.25) is 0 Å². The number of methoxy groups -OCH3 is 2. The molecule has 0 radical (unpaired) electrons. The van der Waals surface area contributed by atoms with Gasteiger partial charge in [0.15, 0.2) is 0 Å². The first-order valence-corrected chi connectivity index (χ1v) is 8.23. The van der Waals surface area contributed by atoms with Crippen LogP contribution in [0.4, 0.5) is 0 Å². The second-order valence-electron chi connectivity index (χ2n) is 5.00. The number of carbonyl (C=O) groups excluding carboxylic acids is 2. The quantitative estimate of drug-likeness (QED) is 0.714. The molecule has 2 aromatic rings. The third kappa shape index (κ3) is 5.22. The lowest BCUT2D eigenvalue weighted by Crippen LogP contribution is -2.30. The van der Waals surface area contributed by atoms with Crippen molar-refractivity contribution in [3.63, 3.8) is 0 Å². The first-order valence-electron chi connectivity index (χ1n) is 7.44. The molecule has 2 aromatic carbocycles. The Morgan fingerprint density at radius 2 is 1.76 bits per heavy atom. The lowest BCUT2D eigenvalue weighted by Gasteiger charge is -2.11. The third-order valence-electron chi connectivity index (χ3n) is 3.38. The van der Waals surface area contributed by atoms with E-state index in [-0.39, 0.29) is 13.2 Å². The molecule has 7 heteroatoms. The zero-order valence-corrected chi connectivity index (χ0v) is 15.5. The largest absolute Gasteiger partial charge is 0.496 e. The van der Waals surface area contributed by atoms with Crippen LogP contribution in [0.25, 0.3) is 0 Å². The van der Waals surface area contributed by atoms with E-state index in [1.54, 1.807) is 43.5 Å². The van der Waals surface area contributed by atoms with Crippen molar-refractivity contribution >= 4 is 27.8 Å². The maximum atomic E-state index is 12.1. The molecule has 0 atom stereocenters. The number of nitrogens with one attached hydrogen (secondary N) is 1. The first kappa shape index (κ1) is 18.8. The van der Waals surface area contributed by atoms with Crippen molar-refractivity contribution in [3.8, 4) is 11.5 Å². The zero-order valence-electron chi connectivity index (χ0n) is 13.9. The fourth-order valence-electron chi connectivity index (χ4n) is 2.15. The SMILES string of the molecule is COc1ccc(Br)cc1COC(=O)CNC(=O)c1ccccc1OC. The number of hydrogen-bond acceptors (Lipinski definition) is 5. The van der Waals surface area contributed by atoms with Crippen LogP contribution in [-0.2, 0) is 16.1 Å². The Bertz CT molecular complexity index is 763. The molecule has 132 valence electrons. The lowest BCUT2D eigenvalue weighted by molar-refractivity contribution is -0.143. The van der Waals surface area contributed by atoms with Gasteiger partial charge in [0.1, 0.15) is 24.7 Å². The van der Waals surface area contributed by atoms with Crippen molar-refractivity contribution < 1.29 is 23.8 Å². The topological polar surface area (TPSA) is 73.9 Å². The van der Waals surface area contributed by atoms with E-state index in [0.717, 1.165) is 10.0 Å². The van der Waals surface area contributed by atoms with E-state index in [4.69, 9.17) is 14.2 Å². The van der Waals surface area contributed by atoms with E-state index in [9.17, 15) is 9.59 Å². The highest BCUT2D eigenvalue weighted by atomic mass is 79.9. The summed E-state index contributed by atoms with van der Waals surface area (Å²) in [7, 11) is 3.02. The molecule has 0 aliphatic rings. The van der Waals surface area contributed by atoms with Gasteiger partial charge < -0.3 is 19.5 Å². The molecular weight excluding hydrogens is 390 g/mol. The summed E-state index contributed by atoms with van der Waals surface area (Å²) in [5.74, 6) is 0.0982. The summed E-state index contributed by atoms with van der Waals surface area (Å²) in [5.41, 5.74) is 1.08. The second-order valence-corrected chi connectivity index (χ2v) is 5.92. The number of rotatable bonds is 7. The molecule has 0 aliphatic heterocycles. The van der Waals surface area contributed by atoms with Crippen LogP contribution in [-0.4, -0.2) is 32.6 Å². The standard InChI is InChI=1S/C18H18BrNO5/c1-23-15-8-7-13(19)9-12(15)11-25-17(21)10-20-18(22)14-5-3-4-6-16(14)24-2/h3-9H,10-11H2,1-2H3,(H,20,22). The predicted molar refractivity (Wildman–Crippen MR) is 95.8 cm³/mol. The highest BCUT2D eigenvalue weighted by molar-refractivity contribution is 9.10. The van der Waals surface area contributed by atoms with Gasteiger partial charge in [-0.1, -0.05) is 28.1 Å². The number of para-hydroxylation sites is 1. The van der Waals surface area contributed by atoms with Crippen molar-refractivity contribution in [3.05, 3.63) is 58.1 Å². The van der Waals surface area contributed by atoms with Crippen LogP contribution in [0.15, 0.2) is 46.9 Å². The maximum Gasteiger partial charge on any atom is 0.325 e. The van der Waals surface area contributed by atoms with Gasteiger partial charge in [-0.25, -0.2) is 0 Å². The molecule has 0 spiro atoms. The Labute approximate surface area is 154 Å². The van der Waals surface area contributed by atoms with Crippen LogP contribution in [0.2, 0.25) is 0 Å². The van der Waals surface area contributed by atoms with Crippen LogP contribution in [0, 0.1) is 0 Å². The summed E-state index contributed by atoms with van der Waals surface area (Å²) in [5, 5.41) is 2.52. The Kier molecular flexibility index (Phi) is 6.82. The number of benzene rings is 2. The van der Waals surface area contributed by atoms with E-state index >= 15 is 0 Å². The maximum absolute atomic E-state index is 12.1. The average molecular weight is 408 g/mol. The van der Waals surface area contributed by atoms with Gasteiger partial charge in [0, 0.05) is 10.0 Å². The molecule has 1 N–H and O–H groups in total. The number of halogens is 1. The Morgan fingerprint density at radius 3 is 2.48 bits per heavy atom. The number of ether oxygens (including phenoxy) is 3. The summed E-state index contributed by atoms with van der Waals surface area (Å²) in [6.45, 7) is -0.195. The zero-order chi connectivity index (χ0) is 18.2. The van der Waals surface area contributed by atoms with Crippen molar-refractivity contribution in [2.45, 2.75) is 6.61 Å². The highest BCUT2D eigenvalue weighted by Gasteiger charge is 2.14. The highest BCUT2D eigenvalue weighted by Crippen LogP contribution is 2.23. The molecule has 0 saturated heterocycles. The molecule has 25 heavy (non-hydrogen) atoms. The number of carbonyl (C=O) groups is 2. The molecule has 0 saturated carbocycles. The minimum absolute atomic E-state index is 0.0476. The third-order valence-corrected chi connectivity index (χ3v) is 3.87. The normalized spacial score (nSPS) is 10.0. The fraction of sp³-hybridized carbons (Fsp3) is 0.222. The summed E-state index contributed by atoms with van der Waals surface area (Å²) in [6, 6.07) is 12.2. The van der Waals surface area contributed by atoms with Crippen LogP contribution >= 0.6 is 15.9 Å². The monoisotopic (exact) mass is 407 g/mol. The van der Waals surface area contributed by atoms with Gasteiger partial charge >= 0.3 is 5.97 Å². The summed E-state index contributed by atoms with van der Waals surface area (Å²) < 4.78 is 16.4. The van der Waals surface area contributed by atoms with Crippen molar-refractivity contribution in [2.75, 3.05) is 20.8 Å². The van der Waals surface area contributed by atoms with Gasteiger partial charge in [-0.05, 0) is 30.3 Å². The number of amides is 1. The Hall–Kier alpha value is -2.54.